The first-order valence-electron chi connectivity index (χ1n) is 4.64. The predicted octanol–water partition coefficient (Wildman–Crippen LogP) is 0.866. The number of nitrogens with zero attached hydrogens (tertiary/aromatic N) is 2. The lowest BCUT2D eigenvalue weighted by molar-refractivity contribution is 0.314. The van der Waals surface area contributed by atoms with Gasteiger partial charge in [-0.3, -0.25) is 0 Å². The van der Waals surface area contributed by atoms with E-state index in [9.17, 15) is 4.91 Å². The Hall–Kier alpha value is -1.16. The molecule has 1 heterocycles. The van der Waals surface area contributed by atoms with Crippen molar-refractivity contribution < 1.29 is 0 Å². The molecule has 0 saturated carbocycles. The highest BCUT2D eigenvalue weighted by Crippen LogP contribution is 2.26. The highest BCUT2D eigenvalue weighted by molar-refractivity contribution is 6.33. The van der Waals surface area contributed by atoms with Crippen LogP contribution in [0.1, 0.15) is 11.1 Å². The molecule has 0 unspecified atom stereocenters. The molecule has 0 N–H and O–H groups in total. The van der Waals surface area contributed by atoms with Crippen LogP contribution in [-0.2, 0) is 13.0 Å². The average Bonchev–Trinajstić information content (AvgIpc) is 2.18. The van der Waals surface area contributed by atoms with Gasteiger partial charge in [-0.15, -0.1) is 4.91 Å². The van der Waals surface area contributed by atoms with E-state index in [1.54, 1.807) is 12.1 Å². The van der Waals surface area contributed by atoms with Gasteiger partial charge in [0.1, 0.15) is 13.5 Å². The van der Waals surface area contributed by atoms with Crippen LogP contribution >= 0.6 is 0 Å². The zero-order chi connectivity index (χ0) is 10.1. The van der Waals surface area contributed by atoms with Gasteiger partial charge in [0.15, 0.2) is 0 Å². The van der Waals surface area contributed by atoms with Crippen molar-refractivity contribution in [3.05, 3.63) is 28.2 Å². The first kappa shape index (κ1) is 9.40. The molecule has 0 aromatic heterocycles. The molecule has 1 aliphatic heterocycles. The largest absolute Gasteiger partial charge is 0.302 e. The van der Waals surface area contributed by atoms with Crippen LogP contribution in [0.15, 0.2) is 17.3 Å². The van der Waals surface area contributed by atoms with Crippen LogP contribution in [0.3, 0.4) is 0 Å². The molecule has 14 heavy (non-hydrogen) atoms. The average molecular weight is 186 g/mol. The molecule has 0 bridgehead atoms. The van der Waals surface area contributed by atoms with E-state index in [0.29, 0.717) is 5.69 Å². The fourth-order valence-electron chi connectivity index (χ4n) is 1.91. The van der Waals surface area contributed by atoms with Gasteiger partial charge in [0.05, 0.1) is 0 Å². The number of benzene rings is 1. The van der Waals surface area contributed by atoms with Crippen molar-refractivity contribution in [3.63, 3.8) is 0 Å². The number of hydrogen-bond donors (Lipinski definition) is 0. The van der Waals surface area contributed by atoms with E-state index in [1.807, 2.05) is 7.05 Å². The minimum atomic E-state index is 0.528. The van der Waals surface area contributed by atoms with Crippen LogP contribution in [0.4, 0.5) is 5.69 Å². The molecule has 0 atom stereocenters. The molecular weight excluding hydrogens is 175 g/mol. The van der Waals surface area contributed by atoms with E-state index >= 15 is 0 Å². The lowest BCUT2D eigenvalue weighted by Gasteiger charge is -2.26. The summed E-state index contributed by atoms with van der Waals surface area (Å²) in [6, 6.07) is 3.46. The van der Waals surface area contributed by atoms with Crippen molar-refractivity contribution in [2.45, 2.75) is 13.0 Å². The summed E-state index contributed by atoms with van der Waals surface area (Å²) >= 11 is 0. The number of hydrogen-bond acceptors (Lipinski definition) is 3. The lowest BCUT2D eigenvalue weighted by Crippen LogP contribution is -2.30. The molecule has 2 rings (SSSR count). The topological polar surface area (TPSA) is 32.7 Å². The Morgan fingerprint density at radius 3 is 2.93 bits per heavy atom. The highest BCUT2D eigenvalue weighted by Gasteiger charge is 2.18. The Labute approximate surface area is 84.5 Å². The Bertz CT molecular complexity index is 379. The molecule has 3 nitrogen and oxygen atoms in total. The molecule has 1 aromatic carbocycles. The van der Waals surface area contributed by atoms with Crippen LogP contribution in [0.5, 0.6) is 0 Å². The van der Waals surface area contributed by atoms with E-state index in [0.717, 1.165) is 36.1 Å². The van der Waals surface area contributed by atoms with Gasteiger partial charge in [-0.1, -0.05) is 11.5 Å². The van der Waals surface area contributed by atoms with Crippen LogP contribution in [-0.4, -0.2) is 26.3 Å². The monoisotopic (exact) mass is 186 g/mol. The van der Waals surface area contributed by atoms with E-state index in [-0.39, 0.29) is 0 Å². The second kappa shape index (κ2) is 3.54. The van der Waals surface area contributed by atoms with Gasteiger partial charge in [0.2, 0.25) is 0 Å². The standard InChI is InChI=1S/C10H11BN2O/c1-13-5-4-7-8(6-13)10(12-14)3-2-9(7)11/h2-3H,4-6H2,1H3. The van der Waals surface area contributed by atoms with E-state index in [4.69, 9.17) is 7.85 Å². The minimum absolute atomic E-state index is 0.528. The first-order valence-corrected chi connectivity index (χ1v) is 4.64. The van der Waals surface area contributed by atoms with Crippen LogP contribution in [0, 0.1) is 4.91 Å². The van der Waals surface area contributed by atoms with Gasteiger partial charge in [0, 0.05) is 13.1 Å². The molecule has 0 aliphatic carbocycles. The summed E-state index contributed by atoms with van der Waals surface area (Å²) in [6.07, 6.45) is 0.904. The van der Waals surface area contributed by atoms with E-state index < -0.39 is 0 Å². The molecule has 1 aliphatic rings. The van der Waals surface area contributed by atoms with Crippen molar-refractivity contribution in [1.29, 1.82) is 0 Å². The summed E-state index contributed by atoms with van der Waals surface area (Å²) in [6.45, 7) is 1.75. The number of fused-ring (bicyclic) bond motifs is 1. The summed E-state index contributed by atoms with van der Waals surface area (Å²) in [5.41, 5.74) is 3.40. The van der Waals surface area contributed by atoms with Crippen LogP contribution in [0.25, 0.3) is 0 Å². The van der Waals surface area contributed by atoms with Crippen molar-refractivity contribution in [3.8, 4) is 0 Å². The molecule has 1 aromatic rings. The third-order valence-corrected chi connectivity index (χ3v) is 2.71. The smallest absolute Gasteiger partial charge is 0.114 e. The molecule has 2 radical (unpaired) electrons. The van der Waals surface area contributed by atoms with Crippen molar-refractivity contribution in [2.24, 2.45) is 5.18 Å². The predicted molar refractivity (Wildman–Crippen MR) is 57.3 cm³/mol. The minimum Gasteiger partial charge on any atom is -0.302 e. The molecule has 0 saturated heterocycles. The van der Waals surface area contributed by atoms with E-state index in [1.165, 1.54) is 0 Å². The number of nitroso groups, excluding NO2 is 1. The second-order valence-corrected chi connectivity index (χ2v) is 3.71. The highest BCUT2D eigenvalue weighted by atomic mass is 16.3. The quantitative estimate of drug-likeness (QED) is 0.481. The Kier molecular flexibility index (Phi) is 2.38. The fraction of sp³-hybridized carbons (Fsp3) is 0.400. The third kappa shape index (κ3) is 1.46. The fourth-order valence-corrected chi connectivity index (χ4v) is 1.91. The Balaban J connectivity index is 2.54. The maximum absolute atomic E-state index is 10.6. The van der Waals surface area contributed by atoms with Gasteiger partial charge in [0.25, 0.3) is 0 Å². The SMILES string of the molecule is [B]c1ccc(N=O)c2c1CCN(C)C2. The first-order chi connectivity index (χ1) is 6.72. The van der Waals surface area contributed by atoms with Crippen molar-refractivity contribution in [2.75, 3.05) is 13.6 Å². The molecular formula is C10H11BN2O. The van der Waals surface area contributed by atoms with Gasteiger partial charge in [-0.2, -0.15) is 0 Å². The van der Waals surface area contributed by atoms with Crippen molar-refractivity contribution in [1.82, 2.24) is 4.90 Å². The molecule has 70 valence electrons. The second-order valence-electron chi connectivity index (χ2n) is 3.71. The van der Waals surface area contributed by atoms with Gasteiger partial charge in [-0.05, 0) is 35.8 Å². The number of likely N-dealkylation sites (N-methyl/N-ethyl adjacent to an activating group) is 1. The molecule has 0 spiro atoms. The zero-order valence-electron chi connectivity index (χ0n) is 8.16. The zero-order valence-corrected chi connectivity index (χ0v) is 8.16. The molecule has 0 amide bonds. The van der Waals surface area contributed by atoms with Gasteiger partial charge >= 0.3 is 0 Å². The molecule has 4 heteroatoms. The third-order valence-electron chi connectivity index (χ3n) is 2.71. The summed E-state index contributed by atoms with van der Waals surface area (Å²) in [5, 5.41) is 3.03. The molecule has 0 fully saturated rings. The number of rotatable bonds is 1. The lowest BCUT2D eigenvalue weighted by atomic mass is 9.84. The summed E-state index contributed by atoms with van der Waals surface area (Å²) in [5.74, 6) is 0. The van der Waals surface area contributed by atoms with Gasteiger partial charge in [-0.25, -0.2) is 0 Å². The normalized spacial score (nSPS) is 16.4. The Morgan fingerprint density at radius 2 is 2.21 bits per heavy atom. The maximum Gasteiger partial charge on any atom is 0.114 e. The van der Waals surface area contributed by atoms with Crippen molar-refractivity contribution >= 4 is 19.0 Å². The van der Waals surface area contributed by atoms with E-state index in [2.05, 4.69) is 10.1 Å². The Morgan fingerprint density at radius 1 is 1.43 bits per heavy atom. The van der Waals surface area contributed by atoms with Gasteiger partial charge < -0.3 is 4.90 Å². The summed E-state index contributed by atoms with van der Waals surface area (Å²) in [4.78, 5) is 12.8. The maximum atomic E-state index is 10.6. The summed E-state index contributed by atoms with van der Waals surface area (Å²) < 4.78 is 0. The summed E-state index contributed by atoms with van der Waals surface area (Å²) in [7, 11) is 7.88. The van der Waals surface area contributed by atoms with Crippen LogP contribution in [0.2, 0.25) is 0 Å². The van der Waals surface area contributed by atoms with Crippen LogP contribution < -0.4 is 5.46 Å².